The van der Waals surface area contributed by atoms with Crippen molar-refractivity contribution in [1.29, 1.82) is 0 Å². The van der Waals surface area contributed by atoms with Crippen molar-refractivity contribution in [3.63, 3.8) is 0 Å². The first-order chi connectivity index (χ1) is 16.0. The van der Waals surface area contributed by atoms with E-state index in [-0.39, 0.29) is 6.54 Å². The lowest BCUT2D eigenvalue weighted by molar-refractivity contribution is -0.139. The number of fused-ring (bicyclic) bond motifs is 1. The summed E-state index contributed by atoms with van der Waals surface area (Å²) in [6.45, 7) is 0.601. The predicted octanol–water partition coefficient (Wildman–Crippen LogP) is 5.19. The van der Waals surface area contributed by atoms with E-state index in [1.165, 1.54) is 0 Å². The van der Waals surface area contributed by atoms with Gasteiger partial charge in [0.25, 0.3) is 0 Å². The van der Waals surface area contributed by atoms with Crippen molar-refractivity contribution in [1.82, 2.24) is 10.3 Å². The van der Waals surface area contributed by atoms with Crippen molar-refractivity contribution in [2.24, 2.45) is 0 Å². The molecule has 6 nitrogen and oxygen atoms in total. The Balaban J connectivity index is 1.53. The number of carboxylic acid groups (broad SMARTS) is 1. The molecule has 0 radical (unpaired) electrons. The second-order valence-electron chi connectivity index (χ2n) is 7.71. The van der Waals surface area contributed by atoms with Crippen LogP contribution in [0.25, 0.3) is 10.9 Å². The highest BCUT2D eigenvalue weighted by Gasteiger charge is 2.21. The van der Waals surface area contributed by atoms with Crippen LogP contribution in [0.2, 0.25) is 5.02 Å². The summed E-state index contributed by atoms with van der Waals surface area (Å²) < 4.78 is 11.6. The van der Waals surface area contributed by atoms with E-state index in [0.29, 0.717) is 29.5 Å². The molecule has 1 heterocycles. The summed E-state index contributed by atoms with van der Waals surface area (Å²) in [6, 6.07) is 20.3. The molecule has 0 spiro atoms. The molecule has 1 atom stereocenters. The molecule has 4 aromatic rings. The number of nitrogens with one attached hydrogen (secondary N) is 2. The fourth-order valence-electron chi connectivity index (χ4n) is 3.80. The number of aromatic amines is 1. The number of aromatic nitrogens is 1. The van der Waals surface area contributed by atoms with Gasteiger partial charge in [-0.2, -0.15) is 0 Å². The number of methoxy groups -OCH3 is 1. The zero-order chi connectivity index (χ0) is 23.2. The highest BCUT2D eigenvalue weighted by Crippen LogP contribution is 2.35. The van der Waals surface area contributed by atoms with Gasteiger partial charge in [0.15, 0.2) is 11.5 Å². The molecule has 33 heavy (non-hydrogen) atoms. The van der Waals surface area contributed by atoms with Gasteiger partial charge in [-0.25, -0.2) is 0 Å². The summed E-state index contributed by atoms with van der Waals surface area (Å²) in [5.41, 5.74) is 3.65. The van der Waals surface area contributed by atoms with Crippen molar-refractivity contribution in [3.05, 3.63) is 94.6 Å². The van der Waals surface area contributed by atoms with Crippen molar-refractivity contribution in [2.45, 2.75) is 25.6 Å². The van der Waals surface area contributed by atoms with Crippen LogP contribution < -0.4 is 14.8 Å². The van der Waals surface area contributed by atoms with Gasteiger partial charge in [0, 0.05) is 46.7 Å². The standard InChI is InChI=1S/C26H25ClN2O4/c1-32-24-13-20(27)11-19(25(24)33-16-17-7-3-2-4-8-17)15-29-23(26(30)31)12-18-14-28-22-10-6-5-9-21(18)22/h2-11,13-14,23,28-29H,12,15-16H2,1H3,(H,30,31). The van der Waals surface area contributed by atoms with E-state index in [1.54, 1.807) is 19.2 Å². The van der Waals surface area contributed by atoms with Crippen LogP contribution in [-0.4, -0.2) is 29.2 Å². The van der Waals surface area contributed by atoms with E-state index in [4.69, 9.17) is 21.1 Å². The maximum atomic E-state index is 12.0. The number of rotatable bonds is 10. The Kier molecular flexibility index (Phi) is 7.17. The minimum Gasteiger partial charge on any atom is -0.493 e. The van der Waals surface area contributed by atoms with Crippen molar-refractivity contribution < 1.29 is 19.4 Å². The highest BCUT2D eigenvalue weighted by molar-refractivity contribution is 6.30. The molecule has 3 N–H and O–H groups in total. The molecule has 3 aromatic carbocycles. The summed E-state index contributed by atoms with van der Waals surface area (Å²) in [6.07, 6.45) is 2.19. The number of hydrogen-bond acceptors (Lipinski definition) is 4. The molecule has 0 saturated carbocycles. The Morgan fingerprint density at radius 2 is 1.85 bits per heavy atom. The third-order valence-electron chi connectivity index (χ3n) is 5.48. The van der Waals surface area contributed by atoms with Crippen LogP contribution in [0.1, 0.15) is 16.7 Å². The van der Waals surface area contributed by atoms with E-state index >= 15 is 0 Å². The number of aliphatic carboxylic acids is 1. The van der Waals surface area contributed by atoms with E-state index in [2.05, 4.69) is 10.3 Å². The first-order valence-electron chi connectivity index (χ1n) is 10.6. The lowest BCUT2D eigenvalue weighted by Gasteiger charge is -2.19. The molecule has 0 aliphatic rings. The van der Waals surface area contributed by atoms with Gasteiger partial charge in [0.1, 0.15) is 12.6 Å². The fraction of sp³-hybridized carbons (Fsp3) is 0.192. The monoisotopic (exact) mass is 464 g/mol. The first kappa shape index (κ1) is 22.7. The normalized spacial score (nSPS) is 11.9. The van der Waals surface area contributed by atoms with Gasteiger partial charge in [-0.05, 0) is 23.3 Å². The Morgan fingerprint density at radius 1 is 1.09 bits per heavy atom. The molecule has 0 fully saturated rings. The van der Waals surface area contributed by atoms with E-state index in [0.717, 1.165) is 27.6 Å². The Labute approximate surface area is 197 Å². The smallest absolute Gasteiger partial charge is 0.321 e. The SMILES string of the molecule is COc1cc(Cl)cc(CNC(Cc2c[nH]c3ccccc23)C(=O)O)c1OCc1ccccc1. The quantitative estimate of drug-likeness (QED) is 0.300. The fourth-order valence-corrected chi connectivity index (χ4v) is 4.03. The van der Waals surface area contributed by atoms with Gasteiger partial charge in [-0.15, -0.1) is 0 Å². The summed E-state index contributed by atoms with van der Waals surface area (Å²) in [5, 5.41) is 14.5. The molecule has 7 heteroatoms. The predicted molar refractivity (Wildman–Crippen MR) is 129 cm³/mol. The van der Waals surface area contributed by atoms with Gasteiger partial charge in [-0.3, -0.25) is 10.1 Å². The average molecular weight is 465 g/mol. The number of ether oxygens (including phenoxy) is 2. The molecular weight excluding hydrogens is 440 g/mol. The summed E-state index contributed by atoms with van der Waals surface area (Å²) in [4.78, 5) is 15.2. The number of H-pyrrole nitrogens is 1. The minimum atomic E-state index is -0.930. The molecule has 170 valence electrons. The minimum absolute atomic E-state index is 0.250. The number of hydrogen-bond donors (Lipinski definition) is 3. The van der Waals surface area contributed by atoms with Crippen LogP contribution in [0.3, 0.4) is 0 Å². The van der Waals surface area contributed by atoms with Crippen LogP contribution in [0.15, 0.2) is 72.9 Å². The van der Waals surface area contributed by atoms with Crippen molar-refractivity contribution in [3.8, 4) is 11.5 Å². The number of carboxylic acids is 1. The lowest BCUT2D eigenvalue weighted by atomic mass is 10.0. The van der Waals surface area contributed by atoms with Crippen LogP contribution in [-0.2, 0) is 24.4 Å². The average Bonchev–Trinajstić information content (AvgIpc) is 3.24. The number of benzene rings is 3. The second-order valence-corrected chi connectivity index (χ2v) is 8.14. The molecule has 1 aromatic heterocycles. The van der Waals surface area contributed by atoms with Crippen LogP contribution in [0.5, 0.6) is 11.5 Å². The van der Waals surface area contributed by atoms with Crippen LogP contribution in [0.4, 0.5) is 0 Å². The maximum Gasteiger partial charge on any atom is 0.321 e. The summed E-state index contributed by atoms with van der Waals surface area (Å²) in [7, 11) is 1.55. The molecular formula is C26H25ClN2O4. The van der Waals surface area contributed by atoms with Gasteiger partial charge in [-0.1, -0.05) is 60.1 Å². The van der Waals surface area contributed by atoms with Crippen molar-refractivity contribution >= 4 is 28.5 Å². The zero-order valence-electron chi connectivity index (χ0n) is 18.2. The second kappa shape index (κ2) is 10.4. The summed E-state index contributed by atoms with van der Waals surface area (Å²) in [5.74, 6) is 0.106. The van der Waals surface area contributed by atoms with Crippen LogP contribution >= 0.6 is 11.6 Å². The van der Waals surface area contributed by atoms with Gasteiger partial charge >= 0.3 is 5.97 Å². The van der Waals surface area contributed by atoms with E-state index in [9.17, 15) is 9.90 Å². The Morgan fingerprint density at radius 3 is 2.61 bits per heavy atom. The zero-order valence-corrected chi connectivity index (χ0v) is 18.9. The van der Waals surface area contributed by atoms with Gasteiger partial charge < -0.3 is 19.6 Å². The largest absolute Gasteiger partial charge is 0.493 e. The maximum absolute atomic E-state index is 12.0. The Hall–Kier alpha value is -3.48. The van der Waals surface area contributed by atoms with Crippen LogP contribution in [0, 0.1) is 0 Å². The first-order valence-corrected chi connectivity index (χ1v) is 11.0. The molecule has 4 rings (SSSR count). The van der Waals surface area contributed by atoms with Gasteiger partial charge in [0.2, 0.25) is 0 Å². The van der Waals surface area contributed by atoms with Gasteiger partial charge in [0.05, 0.1) is 7.11 Å². The molecule has 0 amide bonds. The third kappa shape index (κ3) is 5.48. The van der Waals surface area contributed by atoms with E-state index in [1.807, 2.05) is 60.8 Å². The van der Waals surface area contributed by atoms with Crippen molar-refractivity contribution in [2.75, 3.05) is 7.11 Å². The summed E-state index contributed by atoms with van der Waals surface area (Å²) >= 11 is 6.29. The molecule has 1 unspecified atom stereocenters. The lowest BCUT2D eigenvalue weighted by Crippen LogP contribution is -2.38. The third-order valence-corrected chi connectivity index (χ3v) is 5.70. The Bertz CT molecular complexity index is 1240. The molecule has 0 aliphatic heterocycles. The molecule has 0 aliphatic carbocycles. The molecule has 0 bridgehead atoms. The topological polar surface area (TPSA) is 83.6 Å². The number of para-hydroxylation sites is 1. The van der Waals surface area contributed by atoms with E-state index < -0.39 is 12.0 Å². The number of carbonyl (C=O) groups is 1. The highest BCUT2D eigenvalue weighted by atomic mass is 35.5. The molecule has 0 saturated heterocycles. The number of halogens is 1.